The predicted molar refractivity (Wildman–Crippen MR) is 63.0 cm³/mol. The van der Waals surface area contributed by atoms with Gasteiger partial charge >= 0.3 is 0 Å². The van der Waals surface area contributed by atoms with Gasteiger partial charge < -0.3 is 15.4 Å². The van der Waals surface area contributed by atoms with Gasteiger partial charge in [-0.3, -0.25) is 4.79 Å². The van der Waals surface area contributed by atoms with E-state index in [1.54, 1.807) is 6.20 Å². The molecule has 1 atom stereocenters. The van der Waals surface area contributed by atoms with Gasteiger partial charge in [-0.1, -0.05) is 13.8 Å². The summed E-state index contributed by atoms with van der Waals surface area (Å²) in [6, 6.07) is 3.72. The summed E-state index contributed by atoms with van der Waals surface area (Å²) in [4.78, 5) is 14.4. The molecule has 0 aliphatic carbocycles. The molecule has 1 aromatic heterocycles. The first-order valence-corrected chi connectivity index (χ1v) is 5.65. The fourth-order valence-electron chi connectivity index (χ4n) is 1.57. The topological polar surface area (TPSA) is 65.1 Å². The normalized spacial score (nSPS) is 12.8. The monoisotopic (exact) mass is 224 g/mol. The van der Waals surface area contributed by atoms with E-state index in [-0.39, 0.29) is 5.91 Å². The highest BCUT2D eigenvalue weighted by Crippen LogP contribution is 2.03. The highest BCUT2D eigenvalue weighted by atomic mass is 16.3. The lowest BCUT2D eigenvalue weighted by atomic mass is 10.1. The van der Waals surface area contributed by atoms with Crippen molar-refractivity contribution in [3.63, 3.8) is 0 Å². The molecule has 90 valence electrons. The van der Waals surface area contributed by atoms with Crippen molar-refractivity contribution in [1.29, 1.82) is 0 Å². The number of amides is 1. The maximum absolute atomic E-state index is 11.5. The van der Waals surface area contributed by atoms with E-state index in [9.17, 15) is 9.90 Å². The van der Waals surface area contributed by atoms with Crippen LogP contribution in [0, 0.1) is 5.92 Å². The number of aliphatic hydroxyl groups excluding tert-OH is 1. The third-order valence-corrected chi connectivity index (χ3v) is 2.29. The summed E-state index contributed by atoms with van der Waals surface area (Å²) in [5.41, 5.74) is 0.885. The Morgan fingerprint density at radius 2 is 2.31 bits per heavy atom. The number of rotatable bonds is 6. The molecule has 0 fully saturated rings. The number of aliphatic hydroxyl groups is 1. The first kappa shape index (κ1) is 12.8. The third-order valence-electron chi connectivity index (χ3n) is 2.29. The van der Waals surface area contributed by atoms with Crippen LogP contribution < -0.4 is 5.32 Å². The maximum atomic E-state index is 11.5. The molecule has 0 aromatic carbocycles. The van der Waals surface area contributed by atoms with E-state index in [0.29, 0.717) is 25.3 Å². The van der Waals surface area contributed by atoms with E-state index in [0.717, 1.165) is 5.69 Å². The van der Waals surface area contributed by atoms with Crippen LogP contribution in [0.15, 0.2) is 18.3 Å². The summed E-state index contributed by atoms with van der Waals surface area (Å²) in [6.45, 7) is 4.42. The smallest absolute Gasteiger partial charge is 0.226 e. The zero-order valence-corrected chi connectivity index (χ0v) is 9.86. The van der Waals surface area contributed by atoms with Crippen LogP contribution in [0.25, 0.3) is 0 Å². The van der Waals surface area contributed by atoms with Gasteiger partial charge in [-0.2, -0.15) is 0 Å². The fraction of sp³-hybridized carbons (Fsp3) is 0.583. The number of hydrogen-bond acceptors (Lipinski definition) is 2. The Morgan fingerprint density at radius 3 is 2.88 bits per heavy atom. The van der Waals surface area contributed by atoms with Gasteiger partial charge in [-0.25, -0.2) is 0 Å². The van der Waals surface area contributed by atoms with Gasteiger partial charge in [0.1, 0.15) is 0 Å². The van der Waals surface area contributed by atoms with Crippen LogP contribution >= 0.6 is 0 Å². The molecule has 16 heavy (non-hydrogen) atoms. The predicted octanol–water partition coefficient (Wildman–Crippen LogP) is 1.08. The standard InChI is InChI=1S/C12H20N2O2/c1-9(2)6-11(15)8-14-12(16)7-10-4-3-5-13-10/h3-5,9,11,13,15H,6-8H2,1-2H3,(H,14,16). The quantitative estimate of drug-likeness (QED) is 0.677. The van der Waals surface area contributed by atoms with Crippen LogP contribution in [0.3, 0.4) is 0 Å². The van der Waals surface area contributed by atoms with Crippen LogP contribution in [-0.4, -0.2) is 28.6 Å². The van der Waals surface area contributed by atoms with E-state index in [1.165, 1.54) is 0 Å². The Morgan fingerprint density at radius 1 is 1.56 bits per heavy atom. The van der Waals surface area contributed by atoms with Gasteiger partial charge in [0.2, 0.25) is 5.91 Å². The Labute approximate surface area is 96.1 Å². The van der Waals surface area contributed by atoms with E-state index in [1.807, 2.05) is 26.0 Å². The molecule has 1 rings (SSSR count). The van der Waals surface area contributed by atoms with Gasteiger partial charge in [0.25, 0.3) is 0 Å². The molecule has 0 bridgehead atoms. The van der Waals surface area contributed by atoms with Crippen LogP contribution in [0.2, 0.25) is 0 Å². The number of H-pyrrole nitrogens is 1. The van der Waals surface area contributed by atoms with Gasteiger partial charge in [0.05, 0.1) is 12.5 Å². The maximum Gasteiger partial charge on any atom is 0.226 e. The molecule has 1 aromatic rings. The van der Waals surface area contributed by atoms with Gasteiger partial charge in [0.15, 0.2) is 0 Å². The first-order chi connectivity index (χ1) is 7.58. The summed E-state index contributed by atoms with van der Waals surface area (Å²) < 4.78 is 0. The van der Waals surface area contributed by atoms with Crippen molar-refractivity contribution in [2.45, 2.75) is 32.8 Å². The minimum Gasteiger partial charge on any atom is -0.391 e. The van der Waals surface area contributed by atoms with Crippen molar-refractivity contribution >= 4 is 5.91 Å². The van der Waals surface area contributed by atoms with Crippen molar-refractivity contribution in [1.82, 2.24) is 10.3 Å². The van der Waals surface area contributed by atoms with Gasteiger partial charge in [0, 0.05) is 18.4 Å². The second-order valence-corrected chi connectivity index (χ2v) is 4.46. The van der Waals surface area contributed by atoms with E-state index in [2.05, 4.69) is 10.3 Å². The molecular weight excluding hydrogens is 204 g/mol. The van der Waals surface area contributed by atoms with E-state index >= 15 is 0 Å². The summed E-state index contributed by atoms with van der Waals surface area (Å²) in [7, 11) is 0. The summed E-state index contributed by atoms with van der Waals surface area (Å²) >= 11 is 0. The minimum absolute atomic E-state index is 0.0646. The van der Waals surface area contributed by atoms with E-state index in [4.69, 9.17) is 0 Å². The molecule has 0 saturated heterocycles. The fourth-order valence-corrected chi connectivity index (χ4v) is 1.57. The van der Waals surface area contributed by atoms with Gasteiger partial charge in [-0.15, -0.1) is 0 Å². The van der Waals surface area contributed by atoms with Crippen molar-refractivity contribution in [3.8, 4) is 0 Å². The van der Waals surface area contributed by atoms with Crippen molar-refractivity contribution in [2.75, 3.05) is 6.54 Å². The number of carbonyl (C=O) groups excluding carboxylic acids is 1. The average molecular weight is 224 g/mol. The summed E-state index contributed by atoms with van der Waals surface area (Å²) in [5, 5.41) is 12.3. The zero-order valence-electron chi connectivity index (χ0n) is 9.86. The Bertz CT molecular complexity index is 307. The number of nitrogens with one attached hydrogen (secondary N) is 2. The molecule has 1 amide bonds. The molecule has 3 N–H and O–H groups in total. The molecular formula is C12H20N2O2. The first-order valence-electron chi connectivity index (χ1n) is 5.65. The minimum atomic E-state index is -0.451. The Hall–Kier alpha value is -1.29. The molecule has 0 aliphatic heterocycles. The second-order valence-electron chi connectivity index (χ2n) is 4.46. The zero-order chi connectivity index (χ0) is 12.0. The number of hydrogen-bond donors (Lipinski definition) is 3. The highest BCUT2D eigenvalue weighted by Gasteiger charge is 2.09. The molecule has 0 spiro atoms. The average Bonchev–Trinajstić information content (AvgIpc) is 2.66. The molecule has 0 aliphatic rings. The van der Waals surface area contributed by atoms with E-state index < -0.39 is 6.10 Å². The summed E-state index contributed by atoms with van der Waals surface area (Å²) in [5.74, 6) is 0.376. The highest BCUT2D eigenvalue weighted by molar-refractivity contribution is 5.78. The van der Waals surface area contributed by atoms with Crippen molar-refractivity contribution < 1.29 is 9.90 Å². The molecule has 0 radical (unpaired) electrons. The molecule has 1 unspecified atom stereocenters. The number of carbonyl (C=O) groups is 1. The van der Waals surface area contributed by atoms with Gasteiger partial charge in [-0.05, 0) is 24.5 Å². The third kappa shape index (κ3) is 4.98. The lowest BCUT2D eigenvalue weighted by Gasteiger charge is -2.13. The number of aromatic nitrogens is 1. The van der Waals surface area contributed by atoms with Crippen LogP contribution in [0.5, 0.6) is 0 Å². The molecule has 1 heterocycles. The SMILES string of the molecule is CC(C)CC(O)CNC(=O)Cc1ccc[nH]1. The molecule has 0 saturated carbocycles. The number of aromatic amines is 1. The molecule has 4 nitrogen and oxygen atoms in total. The van der Waals surface area contributed by atoms with Crippen LogP contribution in [0.4, 0.5) is 0 Å². The lowest BCUT2D eigenvalue weighted by molar-refractivity contribution is -0.121. The van der Waals surface area contributed by atoms with Crippen molar-refractivity contribution in [3.05, 3.63) is 24.0 Å². The lowest BCUT2D eigenvalue weighted by Crippen LogP contribution is -2.33. The summed E-state index contributed by atoms with van der Waals surface area (Å²) in [6.07, 6.45) is 2.38. The second kappa shape index (κ2) is 6.33. The molecule has 4 heteroatoms. The Balaban J connectivity index is 2.20. The Kier molecular flexibility index (Phi) is 5.05. The van der Waals surface area contributed by atoms with Crippen LogP contribution in [-0.2, 0) is 11.2 Å². The van der Waals surface area contributed by atoms with Crippen molar-refractivity contribution in [2.24, 2.45) is 5.92 Å². The largest absolute Gasteiger partial charge is 0.391 e. The van der Waals surface area contributed by atoms with Crippen LogP contribution in [0.1, 0.15) is 26.0 Å².